The largest absolute Gasteiger partial charge is 0.134 e. The van der Waals surface area contributed by atoms with Gasteiger partial charge in [0, 0.05) is 49.2 Å². The van der Waals surface area contributed by atoms with Gasteiger partial charge in [-0.3, -0.25) is 0 Å². The number of hydrogen-bond acceptors (Lipinski definition) is 2. The van der Waals surface area contributed by atoms with Gasteiger partial charge < -0.3 is 0 Å². The minimum atomic E-state index is 1.08. The first-order chi connectivity index (χ1) is 27.3. The zero-order valence-electron chi connectivity index (χ0n) is 32.5. The smallest absolute Gasteiger partial charge is 0.0509 e. The van der Waals surface area contributed by atoms with Gasteiger partial charge in [0.05, 0.1) is 9.75 Å². The van der Waals surface area contributed by atoms with Gasteiger partial charge in [0.1, 0.15) is 0 Å². The molecular formula is C50H50Br4S2. The number of thiophene rings is 2. The summed E-state index contributed by atoms with van der Waals surface area (Å²) < 4.78 is 7.01. The SMILES string of the molecule is CCCCCCCCc1ccc(-c2ccc3c(Br)c(-c4cc(Br)c(-c5sc6cc(-c7ccc(CCCCCCCC)cc7)ccc6c5Br)cc4Br)sc3c2)cc1. The van der Waals surface area contributed by atoms with Crippen molar-refractivity contribution < 1.29 is 0 Å². The van der Waals surface area contributed by atoms with E-state index in [1.807, 2.05) is 22.7 Å². The highest BCUT2D eigenvalue weighted by atomic mass is 79.9. The van der Waals surface area contributed by atoms with Crippen molar-refractivity contribution in [2.24, 2.45) is 0 Å². The van der Waals surface area contributed by atoms with Crippen molar-refractivity contribution in [2.45, 2.75) is 104 Å². The predicted molar refractivity (Wildman–Crippen MR) is 264 cm³/mol. The third kappa shape index (κ3) is 10.0. The van der Waals surface area contributed by atoms with E-state index in [1.165, 1.54) is 164 Å². The molecule has 0 N–H and O–H groups in total. The number of unbranched alkanes of at least 4 members (excludes halogenated alkanes) is 10. The van der Waals surface area contributed by atoms with Crippen molar-refractivity contribution in [3.8, 4) is 43.1 Å². The molecule has 0 saturated carbocycles. The molecule has 0 aliphatic rings. The van der Waals surface area contributed by atoms with E-state index in [4.69, 9.17) is 0 Å². The van der Waals surface area contributed by atoms with Crippen LogP contribution in [0.15, 0.2) is 115 Å². The van der Waals surface area contributed by atoms with Gasteiger partial charge in [-0.25, -0.2) is 0 Å². The molecule has 0 bridgehead atoms. The summed E-state index contributed by atoms with van der Waals surface area (Å²) in [5, 5.41) is 2.49. The van der Waals surface area contributed by atoms with Crippen molar-refractivity contribution in [1.29, 1.82) is 0 Å². The van der Waals surface area contributed by atoms with Gasteiger partial charge in [0.2, 0.25) is 0 Å². The topological polar surface area (TPSA) is 0 Å². The van der Waals surface area contributed by atoms with Gasteiger partial charge in [0.15, 0.2) is 0 Å². The van der Waals surface area contributed by atoms with Gasteiger partial charge in [-0.2, -0.15) is 0 Å². The summed E-state index contributed by atoms with van der Waals surface area (Å²) in [6.07, 6.45) is 18.4. The monoisotopic (exact) mass is 1030 g/mol. The zero-order valence-corrected chi connectivity index (χ0v) is 40.4. The second kappa shape index (κ2) is 20.3. The van der Waals surface area contributed by atoms with Crippen LogP contribution in [-0.2, 0) is 12.8 Å². The fraction of sp³-hybridized carbons (Fsp3) is 0.320. The molecule has 0 unspecified atom stereocenters. The molecule has 0 radical (unpaired) electrons. The van der Waals surface area contributed by atoms with Crippen molar-refractivity contribution >= 4 is 107 Å². The van der Waals surface area contributed by atoms with E-state index in [-0.39, 0.29) is 0 Å². The normalized spacial score (nSPS) is 11.7. The Bertz CT molecular complexity index is 2210. The zero-order chi connectivity index (χ0) is 39.0. The van der Waals surface area contributed by atoms with E-state index in [1.54, 1.807) is 0 Å². The maximum atomic E-state index is 4.00. The van der Waals surface area contributed by atoms with E-state index in [0.29, 0.717) is 0 Å². The minimum absolute atomic E-state index is 1.08. The first kappa shape index (κ1) is 42.1. The third-order valence-corrected chi connectivity index (χ3v) is 16.9. The quantitative estimate of drug-likeness (QED) is 0.0752. The highest BCUT2D eigenvalue weighted by Crippen LogP contribution is 2.50. The van der Waals surface area contributed by atoms with E-state index in [0.717, 1.165) is 17.9 Å². The fourth-order valence-corrected chi connectivity index (χ4v) is 13.2. The van der Waals surface area contributed by atoms with Crippen molar-refractivity contribution in [3.05, 3.63) is 126 Å². The first-order valence-electron chi connectivity index (χ1n) is 20.5. The number of benzene rings is 5. The van der Waals surface area contributed by atoms with Crippen molar-refractivity contribution in [3.63, 3.8) is 0 Å². The van der Waals surface area contributed by atoms with Crippen LogP contribution < -0.4 is 0 Å². The first-order valence-corrected chi connectivity index (χ1v) is 25.3. The molecular weight excluding hydrogens is 984 g/mol. The summed E-state index contributed by atoms with van der Waals surface area (Å²) in [5.41, 5.74) is 10.3. The Hall–Kier alpha value is -2.06. The van der Waals surface area contributed by atoms with Gasteiger partial charge >= 0.3 is 0 Å². The second-order valence-corrected chi connectivity index (χ2v) is 20.6. The van der Waals surface area contributed by atoms with Crippen LogP contribution in [0.2, 0.25) is 0 Å². The van der Waals surface area contributed by atoms with E-state index < -0.39 is 0 Å². The fourth-order valence-electron chi connectivity index (χ4n) is 7.68. The molecule has 6 heteroatoms. The van der Waals surface area contributed by atoms with Crippen LogP contribution in [0.25, 0.3) is 63.3 Å². The Balaban J connectivity index is 1.07. The van der Waals surface area contributed by atoms with Gasteiger partial charge in [0.25, 0.3) is 0 Å². The summed E-state index contributed by atoms with van der Waals surface area (Å²) in [6, 6.07) is 36.8. The lowest BCUT2D eigenvalue weighted by atomic mass is 10.00. The van der Waals surface area contributed by atoms with Gasteiger partial charge in [-0.1, -0.05) is 183 Å². The third-order valence-electron chi connectivity index (χ3n) is 11.0. The van der Waals surface area contributed by atoms with Crippen LogP contribution in [0.1, 0.15) is 102 Å². The standard InChI is InChI=1S/C50H50Br4S2/c1-3-5-7-9-11-13-15-33-17-21-35(22-18-33)37-25-27-39-45(29-37)55-49(47(39)53)41-31-44(52)42(32-43(41)51)50-48(54)40-28-26-38(30-46(40)56-50)36-23-19-34(20-24-36)16-14-12-10-8-6-4-2/h17-32H,3-16H2,1-2H3. The van der Waals surface area contributed by atoms with Crippen LogP contribution >= 0.6 is 86.4 Å². The lowest BCUT2D eigenvalue weighted by molar-refractivity contribution is 0.607. The highest BCUT2D eigenvalue weighted by molar-refractivity contribution is 9.11. The number of fused-ring (bicyclic) bond motifs is 2. The molecule has 0 spiro atoms. The lowest BCUT2D eigenvalue weighted by Crippen LogP contribution is -1.87. The Morgan fingerprint density at radius 1 is 0.393 bits per heavy atom. The van der Waals surface area contributed by atoms with E-state index in [2.05, 4.69) is 175 Å². The minimum Gasteiger partial charge on any atom is -0.134 e. The molecule has 0 fully saturated rings. The molecule has 7 aromatic rings. The number of halogens is 4. The Kier molecular flexibility index (Phi) is 15.2. The van der Waals surface area contributed by atoms with Crippen LogP contribution in [0, 0.1) is 0 Å². The van der Waals surface area contributed by atoms with Crippen LogP contribution in [0.3, 0.4) is 0 Å². The average Bonchev–Trinajstić information content (AvgIpc) is 3.73. The van der Waals surface area contributed by atoms with Crippen LogP contribution in [0.4, 0.5) is 0 Å². The summed E-state index contributed by atoms with van der Waals surface area (Å²) in [4.78, 5) is 2.45. The van der Waals surface area contributed by atoms with Crippen LogP contribution in [0.5, 0.6) is 0 Å². The number of rotatable bonds is 18. The molecule has 56 heavy (non-hydrogen) atoms. The molecule has 0 nitrogen and oxygen atoms in total. The molecule has 0 saturated heterocycles. The van der Waals surface area contributed by atoms with Gasteiger partial charge in [-0.15, -0.1) is 22.7 Å². The summed E-state index contributed by atoms with van der Waals surface area (Å²) >= 11 is 19.7. The highest BCUT2D eigenvalue weighted by Gasteiger charge is 2.20. The molecule has 0 amide bonds. The summed E-state index contributed by atoms with van der Waals surface area (Å²) in [7, 11) is 0. The average molecular weight is 1030 g/mol. The Labute approximate surface area is 376 Å². The number of hydrogen-bond donors (Lipinski definition) is 0. The summed E-state index contributed by atoms with van der Waals surface area (Å²) in [5.74, 6) is 0. The van der Waals surface area contributed by atoms with Gasteiger partial charge in [-0.05, 0) is 115 Å². The van der Waals surface area contributed by atoms with E-state index in [9.17, 15) is 0 Å². The lowest BCUT2D eigenvalue weighted by Gasteiger charge is -2.09. The van der Waals surface area contributed by atoms with Crippen molar-refractivity contribution in [2.75, 3.05) is 0 Å². The Morgan fingerprint density at radius 2 is 0.750 bits per heavy atom. The molecule has 0 atom stereocenters. The molecule has 2 heterocycles. The molecule has 5 aromatic carbocycles. The molecule has 7 rings (SSSR count). The van der Waals surface area contributed by atoms with Crippen LogP contribution in [-0.4, -0.2) is 0 Å². The Morgan fingerprint density at radius 3 is 1.14 bits per heavy atom. The van der Waals surface area contributed by atoms with E-state index >= 15 is 0 Å². The number of aryl methyl sites for hydroxylation is 2. The second-order valence-electron chi connectivity index (χ2n) is 15.2. The molecule has 2 aromatic heterocycles. The van der Waals surface area contributed by atoms with Crippen molar-refractivity contribution in [1.82, 2.24) is 0 Å². The summed E-state index contributed by atoms with van der Waals surface area (Å²) in [6.45, 7) is 4.56. The molecule has 0 aliphatic heterocycles. The molecule has 0 aliphatic carbocycles. The maximum Gasteiger partial charge on any atom is 0.0509 e. The maximum absolute atomic E-state index is 4.00. The molecule has 290 valence electrons. The predicted octanol–water partition coefficient (Wildman–Crippen LogP) is 19.6.